The molecule has 19 heavy (non-hydrogen) atoms. The second-order valence-electron chi connectivity index (χ2n) is 4.25. The van der Waals surface area contributed by atoms with E-state index in [4.69, 9.17) is 11.6 Å². The lowest BCUT2D eigenvalue weighted by atomic mass is 10.1. The number of aliphatic hydroxyl groups is 1. The van der Waals surface area contributed by atoms with E-state index < -0.39 is 6.10 Å². The van der Waals surface area contributed by atoms with Gasteiger partial charge in [0.05, 0.1) is 11.8 Å². The Hall–Kier alpha value is -0.880. The largest absolute Gasteiger partial charge is 0.388 e. The van der Waals surface area contributed by atoms with Gasteiger partial charge < -0.3 is 5.11 Å². The molecule has 0 amide bonds. The van der Waals surface area contributed by atoms with Crippen molar-refractivity contribution in [2.45, 2.75) is 12.5 Å². The number of aromatic nitrogens is 2. The number of rotatable bonds is 3. The first-order valence-corrected chi connectivity index (χ1v) is 7.72. The molecule has 0 aliphatic rings. The van der Waals surface area contributed by atoms with E-state index >= 15 is 0 Å². The fourth-order valence-electron chi connectivity index (χ4n) is 1.96. The Morgan fingerprint density at radius 1 is 1.42 bits per heavy atom. The number of nitrogens with zero attached hydrogens (tertiary/aromatic N) is 2. The van der Waals surface area contributed by atoms with E-state index in [1.807, 2.05) is 28.2 Å². The van der Waals surface area contributed by atoms with Crippen LogP contribution >= 0.6 is 38.9 Å². The summed E-state index contributed by atoms with van der Waals surface area (Å²) in [5.74, 6) is 0. The Morgan fingerprint density at radius 2 is 2.26 bits per heavy atom. The van der Waals surface area contributed by atoms with E-state index in [2.05, 4.69) is 20.9 Å². The van der Waals surface area contributed by atoms with Gasteiger partial charge in [0.15, 0.2) is 4.96 Å². The quantitative estimate of drug-likeness (QED) is 0.766. The predicted octanol–water partition coefficient (Wildman–Crippen LogP) is 4.09. The zero-order chi connectivity index (χ0) is 13.4. The third-order valence-corrected chi connectivity index (χ3v) is 4.26. The standard InChI is InChI=1S/C13H10BrClN2OS/c14-9-3-8(4-10(15)5-9)12(18)6-11-7-17-1-2-19-13(17)16-11/h1-5,7,12,18H,6H2. The van der Waals surface area contributed by atoms with Crippen molar-refractivity contribution in [3.8, 4) is 0 Å². The van der Waals surface area contributed by atoms with Gasteiger partial charge in [-0.15, -0.1) is 11.3 Å². The molecule has 98 valence electrons. The summed E-state index contributed by atoms with van der Waals surface area (Å²) in [4.78, 5) is 5.40. The Morgan fingerprint density at radius 3 is 3.00 bits per heavy atom. The predicted molar refractivity (Wildman–Crippen MR) is 80.9 cm³/mol. The molecule has 0 spiro atoms. The Kier molecular flexibility index (Phi) is 3.62. The molecule has 0 fully saturated rings. The lowest BCUT2D eigenvalue weighted by Gasteiger charge is -2.10. The highest BCUT2D eigenvalue weighted by atomic mass is 79.9. The minimum Gasteiger partial charge on any atom is -0.388 e. The van der Waals surface area contributed by atoms with Gasteiger partial charge in [-0.3, -0.25) is 4.40 Å². The fourth-order valence-corrected chi connectivity index (χ4v) is 3.56. The summed E-state index contributed by atoms with van der Waals surface area (Å²) < 4.78 is 2.82. The lowest BCUT2D eigenvalue weighted by Crippen LogP contribution is -2.02. The molecular weight excluding hydrogens is 348 g/mol. The number of hydrogen-bond acceptors (Lipinski definition) is 3. The summed E-state index contributed by atoms with van der Waals surface area (Å²) in [5, 5.41) is 12.8. The molecule has 1 unspecified atom stereocenters. The number of benzene rings is 1. The molecule has 0 radical (unpaired) electrons. The Balaban J connectivity index is 1.84. The van der Waals surface area contributed by atoms with Crippen LogP contribution in [0.15, 0.2) is 40.4 Å². The molecule has 0 saturated carbocycles. The highest BCUT2D eigenvalue weighted by Gasteiger charge is 2.13. The maximum Gasteiger partial charge on any atom is 0.193 e. The van der Waals surface area contributed by atoms with E-state index in [9.17, 15) is 5.11 Å². The molecule has 2 aromatic heterocycles. The molecule has 3 rings (SSSR count). The highest BCUT2D eigenvalue weighted by Crippen LogP contribution is 2.26. The minimum atomic E-state index is -0.611. The fraction of sp³-hybridized carbons (Fsp3) is 0.154. The van der Waals surface area contributed by atoms with Crippen molar-refractivity contribution in [1.29, 1.82) is 0 Å². The normalized spacial score (nSPS) is 13.0. The summed E-state index contributed by atoms with van der Waals surface area (Å²) in [6.45, 7) is 0. The topological polar surface area (TPSA) is 37.5 Å². The molecule has 0 aliphatic carbocycles. The lowest BCUT2D eigenvalue weighted by molar-refractivity contribution is 0.177. The van der Waals surface area contributed by atoms with Gasteiger partial charge in [-0.1, -0.05) is 27.5 Å². The van der Waals surface area contributed by atoms with Crippen molar-refractivity contribution in [2.24, 2.45) is 0 Å². The summed E-state index contributed by atoms with van der Waals surface area (Å²) in [7, 11) is 0. The average Bonchev–Trinajstić information content (AvgIpc) is 2.88. The van der Waals surface area contributed by atoms with E-state index in [0.717, 1.165) is 20.7 Å². The van der Waals surface area contributed by atoms with Crippen LogP contribution in [0.3, 0.4) is 0 Å². The van der Waals surface area contributed by atoms with Gasteiger partial charge in [0.25, 0.3) is 0 Å². The van der Waals surface area contributed by atoms with Gasteiger partial charge >= 0.3 is 0 Å². The van der Waals surface area contributed by atoms with Crippen LogP contribution in [0.25, 0.3) is 4.96 Å². The first kappa shape index (κ1) is 13.1. The van der Waals surface area contributed by atoms with Gasteiger partial charge in [-0.2, -0.15) is 0 Å². The van der Waals surface area contributed by atoms with E-state index in [-0.39, 0.29) is 0 Å². The van der Waals surface area contributed by atoms with E-state index in [0.29, 0.717) is 11.4 Å². The van der Waals surface area contributed by atoms with Crippen molar-refractivity contribution in [3.63, 3.8) is 0 Å². The molecule has 2 heterocycles. The summed E-state index contributed by atoms with van der Waals surface area (Å²) in [5.41, 5.74) is 1.66. The average molecular weight is 358 g/mol. The van der Waals surface area contributed by atoms with Crippen molar-refractivity contribution in [3.05, 3.63) is 56.7 Å². The molecule has 0 saturated heterocycles. The summed E-state index contributed by atoms with van der Waals surface area (Å²) >= 11 is 10.9. The third kappa shape index (κ3) is 2.84. The van der Waals surface area contributed by atoms with Crippen LogP contribution in [0.1, 0.15) is 17.4 Å². The zero-order valence-electron chi connectivity index (χ0n) is 9.75. The van der Waals surface area contributed by atoms with Crippen molar-refractivity contribution in [2.75, 3.05) is 0 Å². The molecule has 6 heteroatoms. The van der Waals surface area contributed by atoms with E-state index in [1.54, 1.807) is 23.5 Å². The summed E-state index contributed by atoms with van der Waals surface area (Å²) in [6, 6.07) is 5.44. The van der Waals surface area contributed by atoms with Crippen molar-refractivity contribution >= 4 is 43.8 Å². The molecule has 1 aromatic carbocycles. The number of imidazole rings is 1. The van der Waals surface area contributed by atoms with Gasteiger partial charge in [0.2, 0.25) is 0 Å². The Labute approximate surface area is 127 Å². The summed E-state index contributed by atoms with van der Waals surface area (Å²) in [6.07, 6.45) is 3.76. The molecule has 1 atom stereocenters. The SMILES string of the molecule is OC(Cc1cn2ccsc2n1)c1cc(Cl)cc(Br)c1. The number of hydrogen-bond donors (Lipinski definition) is 1. The van der Waals surface area contributed by atoms with Gasteiger partial charge in [-0.05, 0) is 23.8 Å². The van der Waals surface area contributed by atoms with Crippen LogP contribution in [0.5, 0.6) is 0 Å². The van der Waals surface area contributed by atoms with Crippen LogP contribution in [-0.2, 0) is 6.42 Å². The molecule has 3 aromatic rings. The number of aliphatic hydroxyl groups excluding tert-OH is 1. The molecular formula is C13H10BrClN2OS. The molecule has 0 bridgehead atoms. The van der Waals surface area contributed by atoms with Crippen LogP contribution in [-0.4, -0.2) is 14.5 Å². The zero-order valence-corrected chi connectivity index (χ0v) is 12.9. The number of halogens is 2. The first-order chi connectivity index (χ1) is 9.11. The first-order valence-electron chi connectivity index (χ1n) is 5.67. The minimum absolute atomic E-state index is 0.473. The Bertz CT molecular complexity index is 676. The number of thiazole rings is 1. The van der Waals surface area contributed by atoms with Crippen molar-refractivity contribution < 1.29 is 5.11 Å². The second kappa shape index (κ2) is 5.25. The maximum atomic E-state index is 10.3. The van der Waals surface area contributed by atoms with Crippen LogP contribution in [0.2, 0.25) is 5.02 Å². The highest BCUT2D eigenvalue weighted by molar-refractivity contribution is 9.10. The van der Waals surface area contributed by atoms with Gasteiger partial charge in [-0.25, -0.2) is 4.98 Å². The van der Waals surface area contributed by atoms with Gasteiger partial charge in [0.1, 0.15) is 0 Å². The molecule has 3 nitrogen and oxygen atoms in total. The van der Waals surface area contributed by atoms with Crippen LogP contribution in [0.4, 0.5) is 0 Å². The van der Waals surface area contributed by atoms with Crippen molar-refractivity contribution in [1.82, 2.24) is 9.38 Å². The monoisotopic (exact) mass is 356 g/mol. The molecule has 0 aliphatic heterocycles. The second-order valence-corrected chi connectivity index (χ2v) is 6.47. The van der Waals surface area contributed by atoms with Gasteiger partial charge in [0, 0.05) is 33.7 Å². The smallest absolute Gasteiger partial charge is 0.193 e. The molecule has 1 N–H and O–H groups in total. The van der Waals surface area contributed by atoms with Crippen LogP contribution in [0, 0.1) is 0 Å². The third-order valence-electron chi connectivity index (χ3n) is 2.82. The maximum absolute atomic E-state index is 10.3. The van der Waals surface area contributed by atoms with E-state index in [1.165, 1.54) is 0 Å². The van der Waals surface area contributed by atoms with Crippen LogP contribution < -0.4 is 0 Å². The number of fused-ring (bicyclic) bond motifs is 1.